The number of piperidine rings is 1. The van der Waals surface area contributed by atoms with Crippen molar-refractivity contribution >= 4 is 17.6 Å². The van der Waals surface area contributed by atoms with Crippen molar-refractivity contribution in [3.8, 4) is 0 Å². The summed E-state index contributed by atoms with van der Waals surface area (Å²) < 4.78 is 0.280. The van der Waals surface area contributed by atoms with Gasteiger partial charge in [-0.05, 0) is 36.1 Å². The zero-order valence-electron chi connectivity index (χ0n) is 13.1. The van der Waals surface area contributed by atoms with E-state index in [2.05, 4.69) is 49.0 Å². The summed E-state index contributed by atoms with van der Waals surface area (Å²) in [5, 5.41) is 0. The third kappa shape index (κ3) is 3.29. The van der Waals surface area contributed by atoms with Crippen LogP contribution in [0.2, 0.25) is 0 Å². The summed E-state index contributed by atoms with van der Waals surface area (Å²) in [4.78, 5) is 7.04. The predicted octanol–water partition coefficient (Wildman–Crippen LogP) is 3.04. The van der Waals surface area contributed by atoms with E-state index in [1.54, 1.807) is 0 Å². The molecule has 0 atom stereocenters. The van der Waals surface area contributed by atoms with Crippen molar-refractivity contribution in [3.63, 3.8) is 0 Å². The van der Waals surface area contributed by atoms with Crippen LogP contribution in [0, 0.1) is 0 Å². The molecule has 1 fully saturated rings. The Morgan fingerprint density at radius 2 is 1.95 bits per heavy atom. The summed E-state index contributed by atoms with van der Waals surface area (Å²) >= 11 is 1.92. The lowest BCUT2D eigenvalue weighted by atomic mass is 9.88. The Balaban J connectivity index is 2.04. The second kappa shape index (κ2) is 5.94. The zero-order valence-corrected chi connectivity index (χ0v) is 14.0. The Morgan fingerprint density at radius 3 is 2.35 bits per heavy atom. The molecule has 1 aromatic rings. The van der Waals surface area contributed by atoms with Gasteiger partial charge >= 0.3 is 0 Å². The highest BCUT2D eigenvalue weighted by Crippen LogP contribution is 2.34. The summed E-state index contributed by atoms with van der Waals surface area (Å²) in [6.45, 7) is 9.55. The number of anilines is 1. The fourth-order valence-corrected chi connectivity index (χ4v) is 3.41. The first-order valence-corrected chi connectivity index (χ1v) is 8.59. The van der Waals surface area contributed by atoms with Crippen LogP contribution in [-0.4, -0.2) is 35.6 Å². The Labute approximate surface area is 127 Å². The van der Waals surface area contributed by atoms with Crippen LogP contribution in [0.5, 0.6) is 0 Å². The SMILES string of the molecule is CSC1(CN)CCN(c2ccc(C(C)(C)C)cn2)CC1. The minimum Gasteiger partial charge on any atom is -0.357 e. The van der Waals surface area contributed by atoms with Gasteiger partial charge in [0, 0.05) is 30.6 Å². The van der Waals surface area contributed by atoms with E-state index in [0.29, 0.717) is 0 Å². The number of hydrogen-bond donors (Lipinski definition) is 1. The van der Waals surface area contributed by atoms with Crippen molar-refractivity contribution in [2.24, 2.45) is 5.73 Å². The molecule has 4 heteroatoms. The van der Waals surface area contributed by atoms with Gasteiger partial charge in [0.2, 0.25) is 0 Å². The number of rotatable bonds is 3. The minimum atomic E-state index is 0.168. The molecule has 1 saturated heterocycles. The molecular formula is C16H27N3S. The van der Waals surface area contributed by atoms with Crippen LogP contribution in [-0.2, 0) is 5.41 Å². The van der Waals surface area contributed by atoms with E-state index in [4.69, 9.17) is 5.73 Å². The fraction of sp³-hybridized carbons (Fsp3) is 0.688. The molecule has 2 rings (SSSR count). The predicted molar refractivity (Wildman–Crippen MR) is 89.7 cm³/mol. The molecule has 0 radical (unpaired) electrons. The average molecular weight is 293 g/mol. The quantitative estimate of drug-likeness (QED) is 0.930. The Hall–Kier alpha value is -0.740. The van der Waals surface area contributed by atoms with E-state index < -0.39 is 0 Å². The number of nitrogens with two attached hydrogens (primary N) is 1. The Kier molecular flexibility index (Phi) is 4.65. The third-order valence-corrected chi connectivity index (χ3v) is 5.86. The van der Waals surface area contributed by atoms with Crippen LogP contribution in [0.1, 0.15) is 39.2 Å². The molecule has 2 N–H and O–H groups in total. The lowest BCUT2D eigenvalue weighted by molar-refractivity contribution is 0.455. The molecular weight excluding hydrogens is 266 g/mol. The van der Waals surface area contributed by atoms with E-state index >= 15 is 0 Å². The zero-order chi connectivity index (χ0) is 14.8. The van der Waals surface area contributed by atoms with Crippen molar-refractivity contribution in [2.45, 2.75) is 43.8 Å². The first-order valence-electron chi connectivity index (χ1n) is 7.37. The molecule has 2 heterocycles. The van der Waals surface area contributed by atoms with Gasteiger partial charge < -0.3 is 10.6 Å². The molecule has 1 aliphatic heterocycles. The molecule has 3 nitrogen and oxygen atoms in total. The average Bonchev–Trinajstić information content (AvgIpc) is 2.47. The molecule has 20 heavy (non-hydrogen) atoms. The number of aromatic nitrogens is 1. The molecule has 0 aliphatic carbocycles. The molecule has 1 aliphatic rings. The van der Waals surface area contributed by atoms with Crippen LogP contribution in [0.4, 0.5) is 5.82 Å². The molecule has 0 bridgehead atoms. The van der Waals surface area contributed by atoms with E-state index in [1.165, 1.54) is 5.56 Å². The van der Waals surface area contributed by atoms with Gasteiger partial charge in [-0.2, -0.15) is 11.8 Å². The Morgan fingerprint density at radius 1 is 1.30 bits per heavy atom. The van der Waals surface area contributed by atoms with Crippen LogP contribution < -0.4 is 10.6 Å². The third-order valence-electron chi connectivity index (χ3n) is 4.42. The summed E-state index contributed by atoms with van der Waals surface area (Å²) in [6, 6.07) is 4.37. The standard InChI is InChI=1S/C16H27N3S/c1-15(2,3)13-5-6-14(18-11-13)19-9-7-16(12-17,20-4)8-10-19/h5-6,11H,7-10,12,17H2,1-4H3. The monoisotopic (exact) mass is 293 g/mol. The maximum atomic E-state index is 5.95. The highest BCUT2D eigenvalue weighted by atomic mass is 32.2. The van der Waals surface area contributed by atoms with Gasteiger partial charge in [-0.3, -0.25) is 0 Å². The summed E-state index contributed by atoms with van der Waals surface area (Å²) in [7, 11) is 0. The van der Waals surface area contributed by atoms with Crippen LogP contribution in [0.15, 0.2) is 18.3 Å². The van der Waals surface area contributed by atoms with E-state index in [1.807, 2.05) is 18.0 Å². The highest BCUT2D eigenvalue weighted by Gasteiger charge is 2.32. The van der Waals surface area contributed by atoms with Gasteiger partial charge in [-0.15, -0.1) is 0 Å². The Bertz CT molecular complexity index is 422. The summed E-state index contributed by atoms with van der Waals surface area (Å²) in [6.07, 6.45) is 6.49. The lowest BCUT2D eigenvalue weighted by Gasteiger charge is -2.40. The van der Waals surface area contributed by atoms with Crippen LogP contribution >= 0.6 is 11.8 Å². The number of hydrogen-bond acceptors (Lipinski definition) is 4. The molecule has 1 aromatic heterocycles. The number of thioether (sulfide) groups is 1. The normalized spacial score (nSPS) is 19.1. The largest absolute Gasteiger partial charge is 0.357 e. The number of pyridine rings is 1. The van der Waals surface area contributed by atoms with Gasteiger partial charge in [0.25, 0.3) is 0 Å². The maximum Gasteiger partial charge on any atom is 0.128 e. The summed E-state index contributed by atoms with van der Waals surface area (Å²) in [5.41, 5.74) is 7.40. The molecule has 0 unspecified atom stereocenters. The van der Waals surface area contributed by atoms with Gasteiger partial charge in [-0.1, -0.05) is 26.8 Å². The molecule has 0 saturated carbocycles. The first kappa shape index (κ1) is 15.6. The molecule has 112 valence electrons. The van der Waals surface area contributed by atoms with Gasteiger partial charge in [0.15, 0.2) is 0 Å². The number of nitrogens with zero attached hydrogens (tertiary/aromatic N) is 2. The van der Waals surface area contributed by atoms with Crippen molar-refractivity contribution < 1.29 is 0 Å². The maximum absolute atomic E-state index is 5.95. The first-order chi connectivity index (χ1) is 9.40. The van der Waals surface area contributed by atoms with E-state index in [0.717, 1.165) is 38.3 Å². The fourth-order valence-electron chi connectivity index (χ4n) is 2.65. The smallest absolute Gasteiger partial charge is 0.128 e. The van der Waals surface area contributed by atoms with Crippen molar-refractivity contribution in [1.29, 1.82) is 0 Å². The second-order valence-electron chi connectivity index (χ2n) is 6.73. The van der Waals surface area contributed by atoms with Crippen molar-refractivity contribution in [1.82, 2.24) is 4.98 Å². The van der Waals surface area contributed by atoms with Crippen LogP contribution in [0.25, 0.3) is 0 Å². The van der Waals surface area contributed by atoms with E-state index in [9.17, 15) is 0 Å². The van der Waals surface area contributed by atoms with Crippen molar-refractivity contribution in [2.75, 3.05) is 30.8 Å². The minimum absolute atomic E-state index is 0.168. The molecule has 0 amide bonds. The van der Waals surface area contributed by atoms with E-state index in [-0.39, 0.29) is 10.2 Å². The van der Waals surface area contributed by atoms with Gasteiger partial charge in [0.1, 0.15) is 5.82 Å². The highest BCUT2D eigenvalue weighted by molar-refractivity contribution is 8.00. The van der Waals surface area contributed by atoms with Crippen LogP contribution in [0.3, 0.4) is 0 Å². The topological polar surface area (TPSA) is 42.1 Å². The lowest BCUT2D eigenvalue weighted by Crippen LogP contribution is -2.46. The second-order valence-corrected chi connectivity index (χ2v) is 8.01. The van der Waals surface area contributed by atoms with Gasteiger partial charge in [-0.25, -0.2) is 4.98 Å². The summed E-state index contributed by atoms with van der Waals surface area (Å²) in [5.74, 6) is 1.10. The molecule has 0 aromatic carbocycles. The van der Waals surface area contributed by atoms with Gasteiger partial charge in [0.05, 0.1) is 0 Å². The molecule has 0 spiro atoms. The van der Waals surface area contributed by atoms with Crippen molar-refractivity contribution in [3.05, 3.63) is 23.9 Å².